The largest absolute Gasteiger partial charge is 0.379 e. The van der Waals surface area contributed by atoms with Gasteiger partial charge in [-0.15, -0.1) is 0 Å². The van der Waals surface area contributed by atoms with Gasteiger partial charge in [0.1, 0.15) is 6.54 Å². The molecule has 2 aliphatic rings. The van der Waals surface area contributed by atoms with E-state index in [2.05, 4.69) is 5.32 Å². The number of benzene rings is 2. The topological polar surface area (TPSA) is 133 Å². The van der Waals surface area contributed by atoms with Crippen molar-refractivity contribution < 1.29 is 31.2 Å². The van der Waals surface area contributed by atoms with Crippen molar-refractivity contribution in [3.8, 4) is 0 Å². The van der Waals surface area contributed by atoms with Crippen LogP contribution in [0, 0.1) is 0 Å². The highest BCUT2D eigenvalue weighted by Gasteiger charge is 2.28. The predicted octanol–water partition coefficient (Wildman–Crippen LogP) is 2.13. The molecule has 0 saturated carbocycles. The first-order valence-corrected chi connectivity index (χ1v) is 16.2. The Hall–Kier alpha value is -3.00. The van der Waals surface area contributed by atoms with Gasteiger partial charge < -0.3 is 15.0 Å². The van der Waals surface area contributed by atoms with E-state index in [4.69, 9.17) is 4.74 Å². The molecule has 39 heavy (non-hydrogen) atoms. The molecular weight excluding hydrogens is 544 g/mol. The fourth-order valence-corrected chi connectivity index (χ4v) is 6.93. The maximum atomic E-state index is 13.2. The molecule has 2 saturated heterocycles. The minimum Gasteiger partial charge on any atom is -0.379 e. The van der Waals surface area contributed by atoms with Crippen molar-refractivity contribution in [3.05, 3.63) is 54.1 Å². The van der Waals surface area contributed by atoms with Gasteiger partial charge in [-0.3, -0.25) is 13.9 Å². The summed E-state index contributed by atoms with van der Waals surface area (Å²) in [5.41, 5.74) is 0.788. The van der Waals surface area contributed by atoms with Crippen molar-refractivity contribution in [1.82, 2.24) is 9.21 Å². The number of carbonyl (C=O) groups is 2. The van der Waals surface area contributed by atoms with E-state index in [1.807, 2.05) is 0 Å². The molecule has 11 nitrogen and oxygen atoms in total. The van der Waals surface area contributed by atoms with Crippen molar-refractivity contribution in [2.24, 2.45) is 0 Å². The Morgan fingerprint density at radius 1 is 0.872 bits per heavy atom. The summed E-state index contributed by atoms with van der Waals surface area (Å²) in [6, 6.07) is 12.0. The molecule has 0 aliphatic carbocycles. The quantitative estimate of drug-likeness (QED) is 0.507. The minimum atomic E-state index is -3.90. The van der Waals surface area contributed by atoms with Gasteiger partial charge in [0.25, 0.3) is 5.91 Å². The standard InChI is InChI=1S/C26H34N4O7S2/c1-38(33,34)30(21-10-12-22(13-11-21)39(35,36)29-16-18-37-19-17-29)20-25(31)27-24-9-5-4-8-23(24)26(32)28-14-6-2-3-7-15-28/h4-5,8-13H,2-3,6-7,14-20H2,1H3,(H,27,31). The average molecular weight is 579 g/mol. The fraction of sp³-hybridized carbons (Fsp3) is 0.462. The summed E-state index contributed by atoms with van der Waals surface area (Å²) in [5, 5.41) is 2.69. The molecule has 2 amide bonds. The van der Waals surface area contributed by atoms with Crippen LogP contribution >= 0.6 is 0 Å². The van der Waals surface area contributed by atoms with Gasteiger partial charge >= 0.3 is 0 Å². The number of nitrogens with zero attached hydrogens (tertiary/aromatic N) is 3. The Morgan fingerprint density at radius 3 is 2.10 bits per heavy atom. The number of rotatable bonds is 8. The number of ether oxygens (including phenoxy) is 1. The van der Waals surface area contributed by atoms with E-state index in [1.165, 1.54) is 28.6 Å². The third-order valence-corrected chi connectivity index (χ3v) is 9.80. The number of carbonyl (C=O) groups excluding carboxylic acids is 2. The maximum absolute atomic E-state index is 13.2. The van der Waals surface area contributed by atoms with Gasteiger partial charge in [-0.25, -0.2) is 16.8 Å². The van der Waals surface area contributed by atoms with Gasteiger partial charge in [0.2, 0.25) is 26.0 Å². The van der Waals surface area contributed by atoms with E-state index >= 15 is 0 Å². The molecule has 2 aromatic carbocycles. The van der Waals surface area contributed by atoms with Crippen LogP contribution in [0.15, 0.2) is 53.4 Å². The first-order valence-electron chi connectivity index (χ1n) is 12.9. The summed E-state index contributed by atoms with van der Waals surface area (Å²) in [7, 11) is -7.66. The number of anilines is 2. The Balaban J connectivity index is 1.50. The average Bonchev–Trinajstić information content (AvgIpc) is 3.21. The van der Waals surface area contributed by atoms with Crippen LogP contribution in [0.25, 0.3) is 0 Å². The highest BCUT2D eigenvalue weighted by Crippen LogP contribution is 2.24. The van der Waals surface area contributed by atoms with E-state index in [9.17, 15) is 26.4 Å². The summed E-state index contributed by atoms with van der Waals surface area (Å²) in [5.74, 6) is -0.814. The Bertz CT molecular complexity index is 1380. The monoisotopic (exact) mass is 578 g/mol. The molecule has 0 bridgehead atoms. The summed E-state index contributed by atoms with van der Waals surface area (Å²) in [6.07, 6.45) is 4.97. The molecule has 0 aromatic heterocycles. The maximum Gasteiger partial charge on any atom is 0.255 e. The second-order valence-electron chi connectivity index (χ2n) is 9.58. The van der Waals surface area contributed by atoms with Crippen molar-refractivity contribution in [1.29, 1.82) is 0 Å². The van der Waals surface area contributed by atoms with Crippen molar-refractivity contribution >= 4 is 43.2 Å². The number of morpholine rings is 1. The van der Waals surface area contributed by atoms with Gasteiger partial charge in [0, 0.05) is 26.2 Å². The highest BCUT2D eigenvalue weighted by atomic mass is 32.2. The van der Waals surface area contributed by atoms with Gasteiger partial charge in [0.15, 0.2) is 0 Å². The summed E-state index contributed by atoms with van der Waals surface area (Å²) >= 11 is 0. The first kappa shape index (κ1) is 29.0. The van der Waals surface area contributed by atoms with Crippen LogP contribution in [0.5, 0.6) is 0 Å². The number of nitrogens with one attached hydrogen (secondary N) is 1. The van der Waals surface area contributed by atoms with Crippen LogP contribution < -0.4 is 9.62 Å². The molecule has 13 heteroatoms. The van der Waals surface area contributed by atoms with E-state index in [0.717, 1.165) is 36.2 Å². The lowest BCUT2D eigenvalue weighted by Gasteiger charge is -2.26. The van der Waals surface area contributed by atoms with Gasteiger partial charge in [-0.1, -0.05) is 25.0 Å². The molecule has 0 spiro atoms. The molecule has 2 aliphatic heterocycles. The fourth-order valence-electron chi connectivity index (χ4n) is 4.66. The second-order valence-corrected chi connectivity index (χ2v) is 13.4. The van der Waals surface area contributed by atoms with Crippen LogP contribution in [-0.4, -0.2) is 90.0 Å². The lowest BCUT2D eigenvalue weighted by atomic mass is 10.1. The SMILES string of the molecule is CS(=O)(=O)N(CC(=O)Nc1ccccc1C(=O)N1CCCCCC1)c1ccc(S(=O)(=O)N2CCOCC2)cc1. The molecular formula is C26H34N4O7S2. The van der Waals surface area contributed by atoms with Crippen molar-refractivity contribution in [3.63, 3.8) is 0 Å². The molecule has 0 radical (unpaired) electrons. The number of hydrogen-bond acceptors (Lipinski definition) is 7. The number of likely N-dealkylation sites (tertiary alicyclic amines) is 1. The van der Waals surface area contributed by atoms with Crippen LogP contribution in [-0.2, 0) is 29.6 Å². The molecule has 2 fully saturated rings. The second kappa shape index (κ2) is 12.5. The van der Waals surface area contributed by atoms with Crippen molar-refractivity contribution in [2.45, 2.75) is 30.6 Å². The predicted molar refractivity (Wildman–Crippen MR) is 148 cm³/mol. The zero-order chi connectivity index (χ0) is 28.0. The van der Waals surface area contributed by atoms with Crippen molar-refractivity contribution in [2.75, 3.05) is 61.8 Å². The summed E-state index contributed by atoms with van der Waals surface area (Å²) in [4.78, 5) is 28.0. The highest BCUT2D eigenvalue weighted by molar-refractivity contribution is 7.92. The van der Waals surface area contributed by atoms with Gasteiger partial charge in [0.05, 0.1) is 41.3 Å². The van der Waals surface area contributed by atoms with E-state index in [-0.39, 0.29) is 29.6 Å². The van der Waals surface area contributed by atoms with Crippen LogP contribution in [0.1, 0.15) is 36.0 Å². The lowest BCUT2D eigenvalue weighted by molar-refractivity contribution is -0.114. The number of para-hydroxylation sites is 1. The molecule has 2 heterocycles. The van der Waals surface area contributed by atoms with E-state index in [1.54, 1.807) is 29.2 Å². The Morgan fingerprint density at radius 2 is 1.49 bits per heavy atom. The molecule has 0 atom stereocenters. The van der Waals surface area contributed by atoms with E-state index < -0.39 is 32.5 Å². The zero-order valence-electron chi connectivity index (χ0n) is 21.9. The van der Waals surface area contributed by atoms with Crippen LogP contribution in [0.4, 0.5) is 11.4 Å². The van der Waals surface area contributed by atoms with Gasteiger partial charge in [-0.05, 0) is 49.2 Å². The minimum absolute atomic E-state index is 0.0204. The summed E-state index contributed by atoms with van der Waals surface area (Å²) < 4.78 is 58.5. The van der Waals surface area contributed by atoms with Crippen LogP contribution in [0.3, 0.4) is 0 Å². The normalized spacial score (nSPS) is 17.3. The summed E-state index contributed by atoms with van der Waals surface area (Å²) in [6.45, 7) is 1.84. The number of amides is 2. The number of hydrogen-bond donors (Lipinski definition) is 1. The molecule has 212 valence electrons. The third-order valence-electron chi connectivity index (χ3n) is 6.74. The Kier molecular flexibility index (Phi) is 9.26. The lowest BCUT2D eigenvalue weighted by Crippen LogP contribution is -2.40. The molecule has 1 N–H and O–H groups in total. The Labute approximate surface area is 229 Å². The van der Waals surface area contributed by atoms with Gasteiger partial charge in [-0.2, -0.15) is 4.31 Å². The number of sulfonamides is 2. The van der Waals surface area contributed by atoms with Crippen LogP contribution in [0.2, 0.25) is 0 Å². The van der Waals surface area contributed by atoms with E-state index in [0.29, 0.717) is 37.6 Å². The third kappa shape index (κ3) is 7.15. The first-order chi connectivity index (χ1) is 18.6. The molecule has 2 aromatic rings. The molecule has 4 rings (SSSR count). The zero-order valence-corrected chi connectivity index (χ0v) is 23.5. The molecule has 0 unspecified atom stereocenters. The smallest absolute Gasteiger partial charge is 0.255 e.